The molecular formula is C18H20N2O3S2. The molecule has 0 aliphatic rings. The van der Waals surface area contributed by atoms with Crippen molar-refractivity contribution in [2.75, 3.05) is 11.8 Å². The number of anilines is 1. The molecule has 1 N–H and O–H groups in total. The van der Waals surface area contributed by atoms with E-state index in [4.69, 9.17) is 4.74 Å². The Labute approximate surface area is 151 Å². The first-order valence-corrected chi connectivity index (χ1v) is 10.2. The van der Waals surface area contributed by atoms with Gasteiger partial charge in [0.1, 0.15) is 5.75 Å². The number of hydrogen-bond acceptors (Lipinski definition) is 5. The first-order valence-electron chi connectivity index (χ1n) is 7.94. The van der Waals surface area contributed by atoms with E-state index in [2.05, 4.69) is 23.6 Å². The van der Waals surface area contributed by atoms with Gasteiger partial charge in [-0.15, -0.1) is 0 Å². The molecule has 25 heavy (non-hydrogen) atoms. The van der Waals surface area contributed by atoms with E-state index in [9.17, 15) is 8.42 Å². The van der Waals surface area contributed by atoms with Crippen molar-refractivity contribution in [2.24, 2.45) is 5.92 Å². The minimum Gasteiger partial charge on any atom is -0.497 e. The van der Waals surface area contributed by atoms with Crippen molar-refractivity contribution in [3.63, 3.8) is 0 Å². The van der Waals surface area contributed by atoms with Crippen LogP contribution in [-0.2, 0) is 16.4 Å². The number of nitrogens with zero attached hydrogens (tertiary/aromatic N) is 1. The van der Waals surface area contributed by atoms with Crippen molar-refractivity contribution in [3.05, 3.63) is 48.0 Å². The number of thiazole rings is 1. The van der Waals surface area contributed by atoms with Crippen LogP contribution >= 0.6 is 11.3 Å². The number of nitrogens with one attached hydrogen (secondary N) is 1. The molecule has 0 radical (unpaired) electrons. The highest BCUT2D eigenvalue weighted by atomic mass is 32.2. The summed E-state index contributed by atoms with van der Waals surface area (Å²) in [6.07, 6.45) is 0.924. The predicted octanol–water partition coefficient (Wildman–Crippen LogP) is 4.30. The summed E-state index contributed by atoms with van der Waals surface area (Å²) in [5.74, 6) is 1.24. The monoisotopic (exact) mass is 376 g/mol. The molecule has 0 fully saturated rings. The van der Waals surface area contributed by atoms with Crippen LogP contribution in [-0.4, -0.2) is 20.5 Å². The maximum atomic E-state index is 12.6. The molecule has 0 aliphatic carbocycles. The lowest BCUT2D eigenvalue weighted by Gasteiger charge is -2.08. The second-order valence-electron chi connectivity index (χ2n) is 6.20. The Bertz CT molecular complexity index is 977. The fourth-order valence-corrected chi connectivity index (χ4v) is 4.65. The van der Waals surface area contributed by atoms with Gasteiger partial charge in [0.15, 0.2) is 5.13 Å². The van der Waals surface area contributed by atoms with Crippen LogP contribution in [0.2, 0.25) is 0 Å². The van der Waals surface area contributed by atoms with Gasteiger partial charge >= 0.3 is 0 Å². The molecule has 0 saturated carbocycles. The van der Waals surface area contributed by atoms with Crippen molar-refractivity contribution in [3.8, 4) is 5.75 Å². The van der Waals surface area contributed by atoms with E-state index in [1.54, 1.807) is 25.3 Å². The van der Waals surface area contributed by atoms with Gasteiger partial charge in [-0.1, -0.05) is 37.3 Å². The zero-order valence-corrected chi connectivity index (χ0v) is 15.9. The number of aromatic nitrogens is 1. The largest absolute Gasteiger partial charge is 0.497 e. The van der Waals surface area contributed by atoms with E-state index in [1.807, 2.05) is 24.3 Å². The Hall–Kier alpha value is -2.12. The van der Waals surface area contributed by atoms with E-state index in [0.29, 0.717) is 16.8 Å². The molecule has 3 rings (SSSR count). The lowest BCUT2D eigenvalue weighted by Crippen LogP contribution is -2.12. The highest BCUT2D eigenvalue weighted by Gasteiger charge is 2.17. The van der Waals surface area contributed by atoms with Crippen LogP contribution in [0.1, 0.15) is 19.4 Å². The van der Waals surface area contributed by atoms with Gasteiger partial charge in [0.25, 0.3) is 10.0 Å². The Morgan fingerprint density at radius 3 is 2.52 bits per heavy atom. The van der Waals surface area contributed by atoms with Gasteiger partial charge in [0.05, 0.1) is 22.2 Å². The van der Waals surface area contributed by atoms with Crippen molar-refractivity contribution < 1.29 is 13.2 Å². The number of rotatable bonds is 6. The molecule has 1 heterocycles. The molecule has 132 valence electrons. The number of sulfonamides is 1. The molecule has 1 aromatic heterocycles. The smallest absolute Gasteiger partial charge is 0.263 e. The van der Waals surface area contributed by atoms with Crippen molar-refractivity contribution >= 4 is 36.7 Å². The molecule has 0 aliphatic heterocycles. The number of ether oxygens (including phenoxy) is 1. The Morgan fingerprint density at radius 2 is 1.88 bits per heavy atom. The second-order valence-corrected chi connectivity index (χ2v) is 8.91. The average molecular weight is 377 g/mol. The first kappa shape index (κ1) is 17.7. The topological polar surface area (TPSA) is 68.3 Å². The zero-order chi connectivity index (χ0) is 18.0. The fraction of sp³-hybridized carbons (Fsp3) is 0.278. The van der Waals surface area contributed by atoms with Crippen LogP contribution in [0, 0.1) is 5.92 Å². The van der Waals surface area contributed by atoms with Gasteiger partial charge in [-0.05, 0) is 48.2 Å². The molecule has 2 aromatic carbocycles. The SMILES string of the molecule is COc1ccc2nc(NS(=O)(=O)c3ccc(CC(C)C)cc3)sc2c1. The Morgan fingerprint density at radius 1 is 1.16 bits per heavy atom. The number of methoxy groups -OCH3 is 1. The fourth-order valence-electron chi connectivity index (χ4n) is 2.53. The van der Waals surface area contributed by atoms with E-state index >= 15 is 0 Å². The predicted molar refractivity (Wildman–Crippen MR) is 102 cm³/mol. The van der Waals surface area contributed by atoms with Crippen molar-refractivity contribution in [1.82, 2.24) is 4.98 Å². The third-order valence-electron chi connectivity index (χ3n) is 3.69. The van der Waals surface area contributed by atoms with E-state index < -0.39 is 10.0 Å². The second kappa shape index (κ2) is 7.01. The third-order valence-corrected chi connectivity index (χ3v) is 6.11. The van der Waals surface area contributed by atoms with Crippen LogP contribution in [0.15, 0.2) is 47.4 Å². The minimum atomic E-state index is -3.66. The van der Waals surface area contributed by atoms with Gasteiger partial charge < -0.3 is 4.74 Å². The number of hydrogen-bond donors (Lipinski definition) is 1. The molecule has 0 unspecified atom stereocenters. The highest BCUT2D eigenvalue weighted by molar-refractivity contribution is 7.93. The molecule has 0 saturated heterocycles. The van der Waals surface area contributed by atoms with Crippen molar-refractivity contribution in [2.45, 2.75) is 25.2 Å². The summed E-state index contributed by atoms with van der Waals surface area (Å²) in [4.78, 5) is 4.56. The first-order chi connectivity index (χ1) is 11.9. The number of benzene rings is 2. The standard InChI is InChI=1S/C18H20N2O3S2/c1-12(2)10-13-4-7-15(8-5-13)25(21,22)20-18-19-16-9-6-14(23-3)11-17(16)24-18/h4-9,11-12H,10H2,1-3H3,(H,19,20). The lowest BCUT2D eigenvalue weighted by molar-refractivity contribution is 0.415. The summed E-state index contributed by atoms with van der Waals surface area (Å²) < 4.78 is 33.7. The average Bonchev–Trinajstić information content (AvgIpc) is 2.95. The molecule has 5 nitrogen and oxygen atoms in total. The summed E-state index contributed by atoms with van der Waals surface area (Å²) in [5, 5.41) is 0.342. The number of fused-ring (bicyclic) bond motifs is 1. The maximum absolute atomic E-state index is 12.6. The maximum Gasteiger partial charge on any atom is 0.263 e. The molecule has 0 amide bonds. The summed E-state index contributed by atoms with van der Waals surface area (Å²) in [5.41, 5.74) is 1.86. The van der Waals surface area contributed by atoms with Gasteiger partial charge in [0.2, 0.25) is 0 Å². The Kier molecular flexibility index (Phi) is 4.96. The van der Waals surface area contributed by atoms with Crippen molar-refractivity contribution in [1.29, 1.82) is 0 Å². The van der Waals surface area contributed by atoms with Gasteiger partial charge in [0, 0.05) is 0 Å². The molecule has 7 heteroatoms. The molecule has 0 spiro atoms. The Balaban J connectivity index is 1.83. The normalized spacial score (nSPS) is 11.8. The van der Waals surface area contributed by atoms with Gasteiger partial charge in [-0.2, -0.15) is 0 Å². The van der Waals surface area contributed by atoms with Crippen LogP contribution in [0.25, 0.3) is 10.2 Å². The zero-order valence-electron chi connectivity index (χ0n) is 14.3. The van der Waals surface area contributed by atoms with Gasteiger partial charge in [-0.25, -0.2) is 13.4 Å². The molecule has 0 atom stereocenters. The minimum absolute atomic E-state index is 0.233. The quantitative estimate of drug-likeness (QED) is 0.696. The van der Waals surface area contributed by atoms with Crippen LogP contribution in [0.3, 0.4) is 0 Å². The molecule has 0 bridgehead atoms. The van der Waals surface area contributed by atoms with E-state index in [0.717, 1.165) is 22.2 Å². The summed E-state index contributed by atoms with van der Waals surface area (Å²) in [6.45, 7) is 4.27. The third kappa shape index (κ3) is 4.11. The van der Waals surface area contributed by atoms with Crippen LogP contribution in [0.4, 0.5) is 5.13 Å². The molecule has 3 aromatic rings. The summed E-state index contributed by atoms with van der Waals surface area (Å²) >= 11 is 1.28. The molecular weight excluding hydrogens is 356 g/mol. The van der Waals surface area contributed by atoms with Crippen LogP contribution < -0.4 is 9.46 Å². The van der Waals surface area contributed by atoms with Crippen LogP contribution in [0.5, 0.6) is 5.75 Å². The lowest BCUT2D eigenvalue weighted by atomic mass is 10.0. The van der Waals surface area contributed by atoms with Gasteiger partial charge in [-0.3, -0.25) is 4.72 Å². The summed E-state index contributed by atoms with van der Waals surface area (Å²) in [7, 11) is -2.06. The van der Waals surface area contributed by atoms with E-state index in [-0.39, 0.29) is 4.90 Å². The summed E-state index contributed by atoms with van der Waals surface area (Å²) in [6, 6.07) is 12.4. The van der Waals surface area contributed by atoms with E-state index in [1.165, 1.54) is 11.3 Å². The highest BCUT2D eigenvalue weighted by Crippen LogP contribution is 2.30.